The molecule has 40 heavy (non-hydrogen) atoms. The van der Waals surface area contributed by atoms with E-state index in [0.29, 0.717) is 73.3 Å². The van der Waals surface area contributed by atoms with Crippen LogP contribution in [-0.4, -0.2) is 42.6 Å². The molecule has 0 amide bonds. The number of carbonyl (C=O) groups is 3. The highest BCUT2D eigenvalue weighted by molar-refractivity contribution is 5.98. The highest BCUT2D eigenvalue weighted by atomic mass is 16.5. The van der Waals surface area contributed by atoms with E-state index in [2.05, 4.69) is 6.58 Å². The predicted molar refractivity (Wildman–Crippen MR) is 150 cm³/mol. The van der Waals surface area contributed by atoms with Crippen LogP contribution in [0.15, 0.2) is 42.5 Å². The van der Waals surface area contributed by atoms with Crippen molar-refractivity contribution in [2.45, 2.75) is 70.8 Å². The van der Waals surface area contributed by atoms with Gasteiger partial charge in [0, 0.05) is 24.3 Å². The molecular weight excluding hydrogens is 512 g/mol. The van der Waals surface area contributed by atoms with Crippen molar-refractivity contribution in [1.82, 2.24) is 0 Å². The van der Waals surface area contributed by atoms with Crippen molar-refractivity contribution in [3.63, 3.8) is 0 Å². The van der Waals surface area contributed by atoms with Crippen molar-refractivity contribution in [2.75, 3.05) is 13.7 Å². The molecular formula is C32H36O8. The Kier molecular flexibility index (Phi) is 9.30. The summed E-state index contributed by atoms with van der Waals surface area (Å²) in [6, 6.07) is 6.90. The fraction of sp³-hybridized carbons (Fsp3) is 0.406. The monoisotopic (exact) mass is 548 g/mol. The molecule has 2 heterocycles. The van der Waals surface area contributed by atoms with E-state index in [1.165, 1.54) is 7.11 Å². The third-order valence-electron chi connectivity index (χ3n) is 7.04. The Bertz CT molecular complexity index is 1340. The number of fused-ring (bicyclic) bond motifs is 2. The van der Waals surface area contributed by atoms with Crippen molar-refractivity contribution >= 4 is 23.8 Å². The number of ether oxygens (including phenoxy) is 4. The molecule has 4 rings (SSSR count). The third-order valence-corrected chi connectivity index (χ3v) is 7.04. The molecule has 1 N–H and O–H groups in total. The summed E-state index contributed by atoms with van der Waals surface area (Å²) < 4.78 is 22.6. The summed E-state index contributed by atoms with van der Waals surface area (Å²) in [6.45, 7) is 7.80. The van der Waals surface area contributed by atoms with Crippen LogP contribution in [0.1, 0.15) is 91.8 Å². The summed E-state index contributed by atoms with van der Waals surface area (Å²) in [4.78, 5) is 38.2. The first-order valence-electron chi connectivity index (χ1n) is 13.6. The molecule has 0 fully saturated rings. The zero-order chi connectivity index (χ0) is 28.8. The number of benzene rings is 2. The fourth-order valence-electron chi connectivity index (χ4n) is 5.02. The highest BCUT2D eigenvalue weighted by Crippen LogP contribution is 2.48. The van der Waals surface area contributed by atoms with Gasteiger partial charge in [-0.15, -0.1) is 0 Å². The van der Waals surface area contributed by atoms with Gasteiger partial charge in [-0.1, -0.05) is 24.8 Å². The van der Waals surface area contributed by atoms with E-state index in [1.807, 2.05) is 13.0 Å². The largest absolute Gasteiger partial charge is 0.507 e. The molecule has 8 nitrogen and oxygen atoms in total. The second-order valence-corrected chi connectivity index (χ2v) is 10.4. The van der Waals surface area contributed by atoms with Gasteiger partial charge in [0.1, 0.15) is 29.5 Å². The summed E-state index contributed by atoms with van der Waals surface area (Å²) in [5.41, 5.74) is 2.28. The molecule has 2 aliphatic rings. The second-order valence-electron chi connectivity index (χ2n) is 10.4. The summed E-state index contributed by atoms with van der Waals surface area (Å²) in [5.74, 6) is -0.653. The molecule has 2 atom stereocenters. The molecule has 2 aliphatic heterocycles. The predicted octanol–water partition coefficient (Wildman–Crippen LogP) is 6.28. The smallest absolute Gasteiger partial charge is 0.342 e. The van der Waals surface area contributed by atoms with E-state index in [1.54, 1.807) is 37.3 Å². The van der Waals surface area contributed by atoms with E-state index in [-0.39, 0.29) is 29.3 Å². The van der Waals surface area contributed by atoms with E-state index >= 15 is 0 Å². The van der Waals surface area contributed by atoms with Crippen LogP contribution in [-0.2, 0) is 14.3 Å². The number of cyclic esters (lactones) is 1. The molecule has 2 aromatic carbocycles. The standard InChI is InChI=1S/C32H36O8/c1-19(2)18-38-25-14-13-21(15-26(25)37-4)24-17-28(34)40-27-16-22-10-6-5-7-11-23(33)12-8-9-20(3)39-32(36)29(22)31(35)30(24)27/h6,10,13-16,20,24,35H,1,5,7-9,11-12,17-18H2,2-4H3/t20-,24-/m0/s1. The number of esters is 2. The van der Waals surface area contributed by atoms with Crippen LogP contribution in [0.4, 0.5) is 0 Å². The van der Waals surface area contributed by atoms with Gasteiger partial charge < -0.3 is 24.1 Å². The quantitative estimate of drug-likeness (QED) is 0.264. The molecule has 2 aromatic rings. The zero-order valence-electron chi connectivity index (χ0n) is 23.3. The topological polar surface area (TPSA) is 108 Å². The maximum atomic E-state index is 13.4. The zero-order valence-corrected chi connectivity index (χ0v) is 23.3. The molecule has 0 aromatic heterocycles. The molecule has 8 heteroatoms. The van der Waals surface area contributed by atoms with Gasteiger partial charge in [0.15, 0.2) is 11.5 Å². The summed E-state index contributed by atoms with van der Waals surface area (Å²) in [7, 11) is 1.52. The average molecular weight is 549 g/mol. The summed E-state index contributed by atoms with van der Waals surface area (Å²) in [5, 5.41) is 11.6. The Balaban J connectivity index is 1.78. The number of phenolic OH excluding ortho intramolecular Hbond substituents is 1. The second kappa shape index (κ2) is 12.9. The number of rotatable bonds is 5. The number of allylic oxidation sites excluding steroid dienone is 1. The van der Waals surface area contributed by atoms with E-state index in [0.717, 1.165) is 5.57 Å². The van der Waals surface area contributed by atoms with E-state index in [9.17, 15) is 19.5 Å². The maximum Gasteiger partial charge on any atom is 0.342 e. The van der Waals surface area contributed by atoms with E-state index < -0.39 is 24.0 Å². The van der Waals surface area contributed by atoms with Gasteiger partial charge in [0.25, 0.3) is 0 Å². The van der Waals surface area contributed by atoms with Crippen LogP contribution in [0, 0.1) is 0 Å². The molecule has 0 unspecified atom stereocenters. The van der Waals surface area contributed by atoms with Gasteiger partial charge in [-0.05, 0) is 74.4 Å². The third kappa shape index (κ3) is 6.73. The first-order valence-corrected chi connectivity index (χ1v) is 13.6. The van der Waals surface area contributed by atoms with Crippen LogP contribution in [0.3, 0.4) is 0 Å². The number of methoxy groups -OCH3 is 1. The Morgan fingerprint density at radius 3 is 2.65 bits per heavy atom. The van der Waals surface area contributed by atoms with Crippen molar-refractivity contribution < 1.29 is 38.4 Å². The van der Waals surface area contributed by atoms with Gasteiger partial charge in [0.2, 0.25) is 0 Å². The normalized spacial score (nSPS) is 19.9. The van der Waals surface area contributed by atoms with Gasteiger partial charge in [-0.25, -0.2) is 4.79 Å². The van der Waals surface area contributed by atoms with Crippen LogP contribution >= 0.6 is 0 Å². The summed E-state index contributed by atoms with van der Waals surface area (Å²) >= 11 is 0. The number of aromatic hydroxyl groups is 1. The SMILES string of the molecule is C=C(C)COc1ccc([C@@H]2CC(=O)Oc3cc4c(c(O)c32)C(=O)O[C@@H](C)CCCC(=O)CCCC=C4)cc1OC. The highest BCUT2D eigenvalue weighted by Gasteiger charge is 2.36. The number of phenols is 1. The Hall–Kier alpha value is -4.07. The lowest BCUT2D eigenvalue weighted by molar-refractivity contribution is -0.135. The Morgan fingerprint density at radius 2 is 1.90 bits per heavy atom. The Labute approximate surface area is 234 Å². The molecule has 0 saturated carbocycles. The van der Waals surface area contributed by atoms with Crippen LogP contribution in [0.25, 0.3) is 6.08 Å². The van der Waals surface area contributed by atoms with Crippen molar-refractivity contribution in [1.29, 1.82) is 0 Å². The molecule has 0 bridgehead atoms. The lowest BCUT2D eigenvalue weighted by atomic mass is 9.83. The average Bonchev–Trinajstić information content (AvgIpc) is 2.90. The molecule has 212 valence electrons. The van der Waals surface area contributed by atoms with Crippen molar-refractivity contribution in [2.24, 2.45) is 0 Å². The lowest BCUT2D eigenvalue weighted by Crippen LogP contribution is -2.23. The molecule has 0 aliphatic carbocycles. The van der Waals surface area contributed by atoms with Gasteiger partial charge >= 0.3 is 11.9 Å². The molecule has 0 radical (unpaired) electrons. The van der Waals surface area contributed by atoms with Gasteiger partial charge in [-0.2, -0.15) is 0 Å². The minimum atomic E-state index is -0.674. The van der Waals surface area contributed by atoms with Crippen LogP contribution in [0.5, 0.6) is 23.0 Å². The van der Waals surface area contributed by atoms with Crippen LogP contribution in [0.2, 0.25) is 0 Å². The maximum absolute atomic E-state index is 13.4. The first-order chi connectivity index (χ1) is 19.2. The van der Waals surface area contributed by atoms with Crippen molar-refractivity contribution in [3.05, 3.63) is 64.7 Å². The van der Waals surface area contributed by atoms with Crippen molar-refractivity contribution in [3.8, 4) is 23.0 Å². The number of carbonyl (C=O) groups excluding carboxylic acids is 3. The van der Waals surface area contributed by atoms with Gasteiger partial charge in [0.05, 0.1) is 19.6 Å². The number of Topliss-reactive ketones (excluding diaryl/α,β-unsaturated/α-hetero) is 1. The minimum absolute atomic E-state index is 0.0197. The van der Waals surface area contributed by atoms with E-state index in [4.69, 9.17) is 18.9 Å². The fourth-order valence-corrected chi connectivity index (χ4v) is 5.02. The van der Waals surface area contributed by atoms with Gasteiger partial charge in [-0.3, -0.25) is 9.59 Å². The number of hydrogen-bond donors (Lipinski definition) is 1. The first kappa shape index (κ1) is 28.9. The lowest BCUT2D eigenvalue weighted by Gasteiger charge is -2.28. The van der Waals surface area contributed by atoms with Crippen LogP contribution < -0.4 is 14.2 Å². The Morgan fingerprint density at radius 1 is 1.12 bits per heavy atom. The minimum Gasteiger partial charge on any atom is -0.507 e. The summed E-state index contributed by atoms with van der Waals surface area (Å²) in [6.07, 6.45) is 6.47. The number of hydrogen-bond acceptors (Lipinski definition) is 8. The number of ketones is 1. The molecule has 0 saturated heterocycles. The molecule has 0 spiro atoms.